The van der Waals surface area contributed by atoms with E-state index in [9.17, 15) is 4.79 Å². The number of aryl methyl sites for hydroxylation is 2. The Hall–Kier alpha value is -6.52. The van der Waals surface area contributed by atoms with Crippen molar-refractivity contribution in [1.29, 1.82) is 0 Å². The Morgan fingerprint density at radius 3 is 1.65 bits per heavy atom. The van der Waals surface area contributed by atoms with Crippen LogP contribution in [0.15, 0.2) is 174 Å². The second-order valence-corrected chi connectivity index (χ2v) is 13.9. The third-order valence-corrected chi connectivity index (χ3v) is 10.4. The highest BCUT2D eigenvalue weighted by molar-refractivity contribution is 6.30. The van der Waals surface area contributed by atoms with Gasteiger partial charge in [-0.3, -0.25) is 4.79 Å². The highest BCUT2D eigenvalue weighted by Gasteiger charge is 2.34. The summed E-state index contributed by atoms with van der Waals surface area (Å²) in [6, 6.07) is 46.5. The van der Waals surface area contributed by atoms with E-state index in [-0.39, 0.29) is 11.7 Å². The molecule has 0 saturated heterocycles. The molecule has 1 atom stereocenters. The summed E-state index contributed by atoms with van der Waals surface area (Å²) in [4.78, 5) is 27.4. The van der Waals surface area contributed by atoms with Gasteiger partial charge in [-0.2, -0.15) is 0 Å². The van der Waals surface area contributed by atoms with E-state index in [0.717, 1.165) is 89.2 Å². The zero-order valence-corrected chi connectivity index (χ0v) is 29.4. The first-order chi connectivity index (χ1) is 25.4. The van der Waals surface area contributed by atoms with Crippen molar-refractivity contribution in [3.8, 4) is 0 Å². The second-order valence-electron chi connectivity index (χ2n) is 13.9. The van der Waals surface area contributed by atoms with Crippen molar-refractivity contribution >= 4 is 33.8 Å². The molecule has 250 valence electrons. The highest BCUT2D eigenvalue weighted by atomic mass is 16.1. The lowest BCUT2D eigenvalue weighted by Crippen LogP contribution is -2.20. The first kappa shape index (κ1) is 31.5. The van der Waals surface area contributed by atoms with Crippen molar-refractivity contribution < 1.29 is 4.79 Å². The first-order valence-electron chi connectivity index (χ1n) is 17.8. The Morgan fingerprint density at radius 1 is 0.519 bits per heavy atom. The molecule has 1 unspecified atom stereocenters. The number of benzene rings is 4. The normalized spacial score (nSPS) is 16.9. The van der Waals surface area contributed by atoms with Gasteiger partial charge in [-0.05, 0) is 84.2 Å². The van der Waals surface area contributed by atoms with Crippen LogP contribution >= 0.6 is 0 Å². The van der Waals surface area contributed by atoms with Gasteiger partial charge in [0.25, 0.3) is 0 Å². The zero-order valence-electron chi connectivity index (χ0n) is 29.4. The van der Waals surface area contributed by atoms with Gasteiger partial charge < -0.3 is 9.97 Å². The number of ketones is 1. The number of hydrogen-bond donors (Lipinski definition) is 2. The summed E-state index contributed by atoms with van der Waals surface area (Å²) < 4.78 is 0. The molecule has 4 aromatic carbocycles. The van der Waals surface area contributed by atoms with Gasteiger partial charge in [-0.1, -0.05) is 127 Å². The van der Waals surface area contributed by atoms with Gasteiger partial charge in [0.15, 0.2) is 5.78 Å². The second kappa shape index (κ2) is 12.7. The highest BCUT2D eigenvalue weighted by Crippen LogP contribution is 2.43. The van der Waals surface area contributed by atoms with Crippen molar-refractivity contribution in [3.63, 3.8) is 0 Å². The largest absolute Gasteiger partial charge is 0.354 e. The van der Waals surface area contributed by atoms with Gasteiger partial charge in [0.2, 0.25) is 0 Å². The number of aromatic amines is 2. The van der Waals surface area contributed by atoms with E-state index in [1.165, 1.54) is 11.1 Å². The van der Waals surface area contributed by atoms with Gasteiger partial charge in [-0.25, -0.2) is 4.99 Å². The van der Waals surface area contributed by atoms with Crippen LogP contribution < -0.4 is 10.7 Å². The van der Waals surface area contributed by atoms with Gasteiger partial charge >= 0.3 is 0 Å². The molecule has 52 heavy (non-hydrogen) atoms. The molecule has 9 rings (SSSR count). The van der Waals surface area contributed by atoms with Crippen LogP contribution in [0.4, 0.5) is 0 Å². The molecule has 2 aliphatic heterocycles. The van der Waals surface area contributed by atoms with E-state index in [1.54, 1.807) is 0 Å². The van der Waals surface area contributed by atoms with Crippen LogP contribution in [0.25, 0.3) is 22.3 Å². The van der Waals surface area contributed by atoms with Crippen molar-refractivity contribution in [2.24, 2.45) is 10.9 Å². The average Bonchev–Trinajstić information content (AvgIpc) is 3.99. The molecule has 3 aliphatic rings. The summed E-state index contributed by atoms with van der Waals surface area (Å²) in [5.41, 5.74) is 15.9. The third-order valence-electron chi connectivity index (χ3n) is 10.4. The number of nitrogens with zero attached hydrogens (tertiary/aromatic N) is 1. The van der Waals surface area contributed by atoms with Crippen LogP contribution in [0.2, 0.25) is 0 Å². The molecule has 6 aromatic rings. The van der Waals surface area contributed by atoms with Crippen molar-refractivity contribution in [2.75, 3.05) is 0 Å². The summed E-state index contributed by atoms with van der Waals surface area (Å²) in [6.07, 6.45) is 6.11. The van der Waals surface area contributed by atoms with E-state index in [4.69, 9.17) is 4.99 Å². The third kappa shape index (κ3) is 5.41. The molecule has 8 bridgehead atoms. The number of fused-ring (bicyclic) bond motifs is 7. The number of hydrogen-bond acceptors (Lipinski definition) is 2. The number of rotatable bonds is 4. The summed E-state index contributed by atoms with van der Waals surface area (Å²) in [5.74, 6) is -0.152. The predicted octanol–water partition coefficient (Wildman–Crippen LogP) is 8.79. The fourth-order valence-corrected chi connectivity index (χ4v) is 7.82. The Labute approximate surface area is 303 Å². The lowest BCUT2D eigenvalue weighted by atomic mass is 9.85. The van der Waals surface area contributed by atoms with Crippen molar-refractivity contribution in [3.05, 3.63) is 224 Å². The fourth-order valence-electron chi connectivity index (χ4n) is 7.82. The van der Waals surface area contributed by atoms with E-state index < -0.39 is 0 Å². The number of H-pyrrole nitrogens is 2. The lowest BCUT2D eigenvalue weighted by Gasteiger charge is -2.19. The first-order valence-corrected chi connectivity index (χ1v) is 17.8. The molecule has 4 nitrogen and oxygen atoms in total. The van der Waals surface area contributed by atoms with Crippen LogP contribution in [-0.2, 0) is 4.79 Å². The number of carbonyl (C=O) groups is 1. The van der Waals surface area contributed by atoms with Crippen LogP contribution in [0, 0.1) is 19.8 Å². The minimum Gasteiger partial charge on any atom is -0.354 e. The van der Waals surface area contributed by atoms with Crippen LogP contribution in [0.1, 0.15) is 51.7 Å². The van der Waals surface area contributed by atoms with Crippen molar-refractivity contribution in [2.45, 2.75) is 20.8 Å². The molecular weight excluding hydrogens is 635 g/mol. The number of carbonyl (C=O) groups excluding carboxylic acids is 1. The van der Waals surface area contributed by atoms with E-state index in [2.05, 4.69) is 152 Å². The number of aromatic nitrogens is 2. The standard InChI is InChI=1S/C48H37N3O/c1-29-14-18-34(19-15-29)46-38-23-22-37(49-38)45(32-10-6-4-7-11-32)36-28-43(52)44(31(36)3)48(33-12-8-5-9-13-33)42-27-26-41(51-42)47(40-25-24-39(46)50-40)35-20-16-30(2)17-21-35/h4-28,31,49,51H,1-3H3. The van der Waals surface area contributed by atoms with Gasteiger partial charge in [0, 0.05) is 55.9 Å². The number of nitrogens with one attached hydrogen (secondary N) is 2. The minimum atomic E-state index is -0.179. The summed E-state index contributed by atoms with van der Waals surface area (Å²) in [7, 11) is 0. The molecule has 0 radical (unpaired) electrons. The van der Waals surface area contributed by atoms with Gasteiger partial charge in [-0.15, -0.1) is 0 Å². The molecule has 2 N–H and O–H groups in total. The molecule has 1 aliphatic carbocycles. The topological polar surface area (TPSA) is 61.0 Å². The van der Waals surface area contributed by atoms with E-state index in [1.807, 2.05) is 30.3 Å². The molecule has 0 spiro atoms. The summed E-state index contributed by atoms with van der Waals surface area (Å²) in [6.45, 7) is 6.38. The summed E-state index contributed by atoms with van der Waals surface area (Å²) in [5, 5.41) is 1.91. The van der Waals surface area contributed by atoms with E-state index in [0.29, 0.717) is 0 Å². The molecule has 0 amide bonds. The maximum atomic E-state index is 14.4. The average molecular weight is 672 g/mol. The summed E-state index contributed by atoms with van der Waals surface area (Å²) >= 11 is 0. The zero-order chi connectivity index (χ0) is 35.3. The Bertz CT molecular complexity index is 2680. The maximum absolute atomic E-state index is 14.4. The smallest absolute Gasteiger partial charge is 0.183 e. The van der Waals surface area contributed by atoms with Crippen LogP contribution in [0.5, 0.6) is 0 Å². The van der Waals surface area contributed by atoms with Gasteiger partial charge in [0.05, 0.1) is 11.4 Å². The molecule has 0 fully saturated rings. The fraction of sp³-hybridized carbons (Fsp3) is 0.0833. The Kier molecular flexibility index (Phi) is 7.66. The monoisotopic (exact) mass is 671 g/mol. The Balaban J connectivity index is 1.42. The maximum Gasteiger partial charge on any atom is 0.183 e. The molecule has 2 aromatic heterocycles. The predicted molar refractivity (Wildman–Crippen MR) is 212 cm³/mol. The number of aliphatic imine (C=N–C) groups is 1. The molecular formula is C48H37N3O. The molecule has 4 heterocycles. The molecule has 4 heteroatoms. The number of allylic oxidation sites excluding steroid dienone is 5. The lowest BCUT2D eigenvalue weighted by molar-refractivity contribution is -0.111. The minimum absolute atomic E-state index is 0.0265. The molecule has 0 saturated carbocycles. The van der Waals surface area contributed by atoms with Crippen LogP contribution in [0.3, 0.4) is 0 Å². The van der Waals surface area contributed by atoms with Gasteiger partial charge in [0.1, 0.15) is 0 Å². The van der Waals surface area contributed by atoms with Crippen molar-refractivity contribution in [1.82, 2.24) is 9.97 Å². The Morgan fingerprint density at radius 2 is 1.04 bits per heavy atom. The SMILES string of the molecule is Cc1ccc(C2=C3C=CC(=N3)C(c3ccc(C)cc3)=c3ccc([nH]3)=C(c3ccccc3)C3=CC(=O)C(=C(c4ccccc4)c4ccc2[nH]4)C3C)cc1. The van der Waals surface area contributed by atoms with E-state index >= 15 is 0 Å². The van der Waals surface area contributed by atoms with Crippen LogP contribution in [-0.4, -0.2) is 21.5 Å². The quantitative estimate of drug-likeness (QED) is 0.193.